The molecule has 0 saturated heterocycles. The second kappa shape index (κ2) is 5.02. The van der Waals surface area contributed by atoms with Crippen molar-refractivity contribution < 1.29 is 14.6 Å². The molecule has 13 heavy (non-hydrogen) atoms. The molecule has 0 heterocycles. The molecule has 3 nitrogen and oxygen atoms in total. The summed E-state index contributed by atoms with van der Waals surface area (Å²) in [5.74, 6) is -0.105. The van der Waals surface area contributed by atoms with E-state index in [0.29, 0.717) is 0 Å². The van der Waals surface area contributed by atoms with Crippen molar-refractivity contribution in [2.45, 2.75) is 31.8 Å². The lowest BCUT2D eigenvalue weighted by Gasteiger charge is -2.22. The number of allylic oxidation sites excluding steroid dienone is 2. The predicted molar refractivity (Wildman–Crippen MR) is 49.1 cm³/mol. The molecule has 0 aromatic carbocycles. The van der Waals surface area contributed by atoms with Crippen molar-refractivity contribution in [2.75, 3.05) is 7.11 Å². The molecule has 0 aromatic heterocycles. The Labute approximate surface area is 78.4 Å². The Hall–Kier alpha value is -0.830. The van der Waals surface area contributed by atoms with Crippen LogP contribution in [0.25, 0.3) is 0 Å². The molecule has 0 bridgehead atoms. The normalized spacial score (nSPS) is 24.0. The fourth-order valence-electron chi connectivity index (χ4n) is 1.59. The third-order valence-corrected chi connectivity index (χ3v) is 2.46. The molecule has 1 unspecified atom stereocenters. The van der Waals surface area contributed by atoms with Crippen molar-refractivity contribution in [1.29, 1.82) is 0 Å². The van der Waals surface area contributed by atoms with Gasteiger partial charge in [0.05, 0.1) is 19.6 Å². The number of rotatable bonds is 3. The number of methoxy groups -OCH3 is 1. The Morgan fingerprint density at radius 2 is 2.46 bits per heavy atom. The summed E-state index contributed by atoms with van der Waals surface area (Å²) in [4.78, 5) is 10.9. The van der Waals surface area contributed by atoms with Gasteiger partial charge in [0.1, 0.15) is 0 Å². The lowest BCUT2D eigenvalue weighted by atomic mass is 9.88. The first-order valence-corrected chi connectivity index (χ1v) is 4.64. The molecule has 1 aliphatic carbocycles. The molecular formula is C10H16O3. The first kappa shape index (κ1) is 10.3. The van der Waals surface area contributed by atoms with E-state index in [-0.39, 0.29) is 18.3 Å². The van der Waals surface area contributed by atoms with Gasteiger partial charge in [0.15, 0.2) is 0 Å². The average molecular weight is 184 g/mol. The van der Waals surface area contributed by atoms with Crippen molar-refractivity contribution in [3.05, 3.63) is 12.2 Å². The number of ether oxygens (including phenoxy) is 1. The molecule has 74 valence electrons. The van der Waals surface area contributed by atoms with Gasteiger partial charge in [-0.05, 0) is 25.2 Å². The molecular weight excluding hydrogens is 168 g/mol. The quantitative estimate of drug-likeness (QED) is 0.530. The highest BCUT2D eigenvalue weighted by Crippen LogP contribution is 2.23. The second-order valence-corrected chi connectivity index (χ2v) is 3.39. The van der Waals surface area contributed by atoms with Crippen LogP contribution in [-0.2, 0) is 9.53 Å². The van der Waals surface area contributed by atoms with E-state index < -0.39 is 6.10 Å². The minimum Gasteiger partial charge on any atom is -0.469 e. The number of carbonyl (C=O) groups excluding carboxylic acids is 1. The van der Waals surface area contributed by atoms with Gasteiger partial charge in [0.2, 0.25) is 0 Å². The van der Waals surface area contributed by atoms with Crippen LogP contribution in [0.1, 0.15) is 25.7 Å². The Balaban J connectivity index is 2.33. The van der Waals surface area contributed by atoms with Crippen LogP contribution in [0.2, 0.25) is 0 Å². The van der Waals surface area contributed by atoms with Crippen LogP contribution >= 0.6 is 0 Å². The van der Waals surface area contributed by atoms with Crippen molar-refractivity contribution in [1.82, 2.24) is 0 Å². The van der Waals surface area contributed by atoms with Gasteiger partial charge in [-0.15, -0.1) is 0 Å². The minimum atomic E-state index is -0.544. The Bertz CT molecular complexity index is 198. The highest BCUT2D eigenvalue weighted by atomic mass is 16.5. The standard InChI is InChI=1S/C10H16O3/c1-13-10(12)7-9(11)8-5-3-2-4-6-8/h2-3,8-9,11H,4-7H2,1H3/t8?,9-/m1/s1. The molecule has 0 radical (unpaired) electrons. The smallest absolute Gasteiger partial charge is 0.308 e. The van der Waals surface area contributed by atoms with Crippen LogP contribution < -0.4 is 0 Å². The van der Waals surface area contributed by atoms with E-state index in [1.54, 1.807) is 0 Å². The summed E-state index contributed by atoms with van der Waals surface area (Å²) in [6.07, 6.45) is 6.60. The number of esters is 1. The maximum absolute atomic E-state index is 10.9. The van der Waals surface area contributed by atoms with Crippen LogP contribution in [-0.4, -0.2) is 24.3 Å². The van der Waals surface area contributed by atoms with Crippen molar-refractivity contribution in [3.8, 4) is 0 Å². The maximum Gasteiger partial charge on any atom is 0.308 e. The molecule has 0 saturated carbocycles. The average Bonchev–Trinajstić information content (AvgIpc) is 2.19. The Morgan fingerprint density at radius 1 is 1.69 bits per heavy atom. The van der Waals surface area contributed by atoms with Crippen LogP contribution in [0, 0.1) is 5.92 Å². The van der Waals surface area contributed by atoms with E-state index in [0.717, 1.165) is 19.3 Å². The molecule has 2 atom stereocenters. The fourth-order valence-corrected chi connectivity index (χ4v) is 1.59. The van der Waals surface area contributed by atoms with Gasteiger partial charge in [-0.3, -0.25) is 4.79 Å². The van der Waals surface area contributed by atoms with Crippen molar-refractivity contribution >= 4 is 5.97 Å². The van der Waals surface area contributed by atoms with Gasteiger partial charge >= 0.3 is 5.97 Å². The van der Waals surface area contributed by atoms with E-state index in [9.17, 15) is 9.90 Å². The molecule has 0 fully saturated rings. The summed E-state index contributed by atoms with van der Waals surface area (Å²) in [5.41, 5.74) is 0. The molecule has 0 spiro atoms. The summed E-state index contributed by atoms with van der Waals surface area (Å²) >= 11 is 0. The lowest BCUT2D eigenvalue weighted by Crippen LogP contribution is -2.24. The van der Waals surface area contributed by atoms with E-state index in [1.807, 2.05) is 0 Å². The SMILES string of the molecule is COC(=O)C[C@@H](O)C1CC=CCC1. The molecule has 3 heteroatoms. The van der Waals surface area contributed by atoms with Crippen molar-refractivity contribution in [3.63, 3.8) is 0 Å². The Morgan fingerprint density at radius 3 is 3.00 bits per heavy atom. The summed E-state index contributed by atoms with van der Waals surface area (Å²) in [7, 11) is 1.34. The third kappa shape index (κ3) is 3.19. The van der Waals surface area contributed by atoms with Gasteiger partial charge in [-0.2, -0.15) is 0 Å². The maximum atomic E-state index is 10.9. The van der Waals surface area contributed by atoms with Crippen LogP contribution in [0.3, 0.4) is 0 Å². The highest BCUT2D eigenvalue weighted by molar-refractivity contribution is 5.69. The number of aliphatic hydroxyl groups excluding tert-OH is 1. The molecule has 1 N–H and O–H groups in total. The van der Waals surface area contributed by atoms with Crippen LogP contribution in [0.15, 0.2) is 12.2 Å². The monoisotopic (exact) mass is 184 g/mol. The van der Waals surface area contributed by atoms with Crippen LogP contribution in [0.4, 0.5) is 0 Å². The number of aliphatic hydroxyl groups is 1. The predicted octanol–water partition coefficient (Wildman–Crippen LogP) is 1.27. The second-order valence-electron chi connectivity index (χ2n) is 3.39. The van der Waals surface area contributed by atoms with E-state index in [2.05, 4.69) is 16.9 Å². The number of hydrogen-bond acceptors (Lipinski definition) is 3. The molecule has 1 rings (SSSR count). The van der Waals surface area contributed by atoms with E-state index in [1.165, 1.54) is 7.11 Å². The zero-order chi connectivity index (χ0) is 9.68. The first-order chi connectivity index (χ1) is 6.24. The third-order valence-electron chi connectivity index (χ3n) is 2.46. The topological polar surface area (TPSA) is 46.5 Å². The largest absolute Gasteiger partial charge is 0.469 e. The van der Waals surface area contributed by atoms with Gasteiger partial charge < -0.3 is 9.84 Å². The van der Waals surface area contributed by atoms with Gasteiger partial charge in [-0.25, -0.2) is 0 Å². The van der Waals surface area contributed by atoms with Gasteiger partial charge in [0, 0.05) is 0 Å². The number of carbonyl (C=O) groups is 1. The molecule has 0 amide bonds. The Kier molecular flexibility index (Phi) is 3.96. The summed E-state index contributed by atoms with van der Waals surface area (Å²) in [5, 5.41) is 9.64. The minimum absolute atomic E-state index is 0.120. The zero-order valence-electron chi connectivity index (χ0n) is 7.90. The van der Waals surface area contributed by atoms with E-state index >= 15 is 0 Å². The first-order valence-electron chi connectivity index (χ1n) is 4.64. The van der Waals surface area contributed by atoms with Gasteiger partial charge in [0.25, 0.3) is 0 Å². The fraction of sp³-hybridized carbons (Fsp3) is 0.700. The van der Waals surface area contributed by atoms with Gasteiger partial charge in [-0.1, -0.05) is 12.2 Å². The lowest BCUT2D eigenvalue weighted by molar-refractivity contribution is -0.143. The van der Waals surface area contributed by atoms with Crippen LogP contribution in [0.5, 0.6) is 0 Å². The highest BCUT2D eigenvalue weighted by Gasteiger charge is 2.22. The van der Waals surface area contributed by atoms with E-state index in [4.69, 9.17) is 0 Å². The molecule has 0 aliphatic heterocycles. The summed E-state index contributed by atoms with van der Waals surface area (Å²) < 4.78 is 4.49. The molecule has 0 aromatic rings. The summed E-state index contributed by atoms with van der Waals surface area (Å²) in [6.45, 7) is 0. The van der Waals surface area contributed by atoms with Crippen molar-refractivity contribution in [2.24, 2.45) is 5.92 Å². The number of hydrogen-bond donors (Lipinski definition) is 1. The summed E-state index contributed by atoms with van der Waals surface area (Å²) in [6, 6.07) is 0. The molecule has 1 aliphatic rings. The zero-order valence-corrected chi connectivity index (χ0v) is 7.90.